The number of rotatable bonds is 6. The molecule has 0 radical (unpaired) electrons. The van der Waals surface area contributed by atoms with Crippen molar-refractivity contribution in [2.45, 2.75) is 32.6 Å². The maximum atomic E-state index is 12.3. The molecule has 0 saturated carbocycles. The minimum atomic E-state index is -0.165. The lowest BCUT2D eigenvalue weighted by atomic mass is 9.83. The number of nitrogens with zero attached hydrogens (tertiary/aromatic N) is 2. The number of amides is 2. The van der Waals surface area contributed by atoms with Crippen molar-refractivity contribution in [1.82, 2.24) is 9.80 Å². The lowest BCUT2D eigenvalue weighted by Gasteiger charge is -2.39. The summed E-state index contributed by atoms with van der Waals surface area (Å²) in [6.45, 7) is 5.81. The standard InChI is InChI=1S/C19H26N2O3/c1-19(14-22)9-6-11-20(13-19)10-4-5-12-21-17(23)15-7-2-3-8-16(15)18(21)24/h2-3,7-8,22H,4-6,9-14H2,1H3. The van der Waals surface area contributed by atoms with Crippen LogP contribution in [0.2, 0.25) is 0 Å². The molecule has 1 N–H and O–H groups in total. The number of aliphatic hydroxyl groups is 1. The Balaban J connectivity index is 1.46. The average Bonchev–Trinajstić information content (AvgIpc) is 2.84. The van der Waals surface area contributed by atoms with E-state index in [1.54, 1.807) is 24.3 Å². The Labute approximate surface area is 143 Å². The maximum absolute atomic E-state index is 12.3. The molecule has 1 saturated heterocycles. The smallest absolute Gasteiger partial charge is 0.261 e. The van der Waals surface area contributed by atoms with Crippen molar-refractivity contribution in [1.29, 1.82) is 0 Å². The molecule has 2 aliphatic heterocycles. The molecule has 5 heteroatoms. The van der Waals surface area contributed by atoms with Gasteiger partial charge in [-0.3, -0.25) is 14.5 Å². The van der Waals surface area contributed by atoms with Crippen LogP contribution in [0.15, 0.2) is 24.3 Å². The number of imide groups is 1. The third kappa shape index (κ3) is 3.37. The number of hydrogen-bond acceptors (Lipinski definition) is 4. The molecule has 2 amide bonds. The molecule has 1 unspecified atom stereocenters. The molecule has 24 heavy (non-hydrogen) atoms. The molecule has 0 spiro atoms. The van der Waals surface area contributed by atoms with Crippen LogP contribution in [0.1, 0.15) is 53.3 Å². The van der Waals surface area contributed by atoms with E-state index in [1.165, 1.54) is 4.90 Å². The Morgan fingerprint density at radius 3 is 2.33 bits per heavy atom. The van der Waals surface area contributed by atoms with Crippen molar-refractivity contribution in [2.24, 2.45) is 5.41 Å². The van der Waals surface area contributed by atoms with E-state index in [-0.39, 0.29) is 23.8 Å². The van der Waals surface area contributed by atoms with Crippen LogP contribution in [0.25, 0.3) is 0 Å². The van der Waals surface area contributed by atoms with E-state index < -0.39 is 0 Å². The molecule has 3 rings (SSSR count). The highest BCUT2D eigenvalue weighted by Crippen LogP contribution is 2.29. The van der Waals surface area contributed by atoms with Gasteiger partial charge in [-0.2, -0.15) is 0 Å². The van der Waals surface area contributed by atoms with Gasteiger partial charge in [-0.15, -0.1) is 0 Å². The summed E-state index contributed by atoms with van der Waals surface area (Å²) in [4.78, 5) is 28.4. The van der Waals surface area contributed by atoms with Gasteiger partial charge in [-0.1, -0.05) is 19.1 Å². The second kappa shape index (κ2) is 7.03. The topological polar surface area (TPSA) is 60.9 Å². The molecule has 2 heterocycles. The molecule has 1 atom stereocenters. The quantitative estimate of drug-likeness (QED) is 0.641. The number of likely N-dealkylation sites (tertiary alicyclic amines) is 1. The molecule has 1 fully saturated rings. The molecule has 5 nitrogen and oxygen atoms in total. The van der Waals surface area contributed by atoms with Gasteiger partial charge in [-0.05, 0) is 50.9 Å². The van der Waals surface area contributed by atoms with Gasteiger partial charge < -0.3 is 10.0 Å². The number of aliphatic hydroxyl groups excluding tert-OH is 1. The molecule has 0 aliphatic carbocycles. The Bertz CT molecular complexity index is 596. The normalized spacial score (nSPS) is 24.5. The van der Waals surface area contributed by atoms with Gasteiger partial charge in [0.15, 0.2) is 0 Å². The number of benzene rings is 1. The van der Waals surface area contributed by atoms with E-state index in [0.717, 1.165) is 45.3 Å². The van der Waals surface area contributed by atoms with Crippen LogP contribution in [0, 0.1) is 5.41 Å². The Hall–Kier alpha value is -1.72. The Kier molecular flexibility index (Phi) is 5.01. The molecule has 130 valence electrons. The first kappa shape index (κ1) is 17.1. The number of hydrogen-bond donors (Lipinski definition) is 1. The summed E-state index contributed by atoms with van der Waals surface area (Å²) >= 11 is 0. The Morgan fingerprint density at radius 1 is 1.08 bits per heavy atom. The monoisotopic (exact) mass is 330 g/mol. The summed E-state index contributed by atoms with van der Waals surface area (Å²) < 4.78 is 0. The van der Waals surface area contributed by atoms with E-state index in [2.05, 4.69) is 11.8 Å². The maximum Gasteiger partial charge on any atom is 0.261 e. The van der Waals surface area contributed by atoms with Gasteiger partial charge in [0.1, 0.15) is 0 Å². The Morgan fingerprint density at radius 2 is 1.71 bits per heavy atom. The van der Waals surface area contributed by atoms with E-state index in [1.807, 2.05) is 0 Å². The molecular weight excluding hydrogens is 304 g/mol. The number of piperidine rings is 1. The number of carbonyl (C=O) groups is 2. The van der Waals surface area contributed by atoms with Gasteiger partial charge in [0.05, 0.1) is 11.1 Å². The molecule has 1 aromatic carbocycles. The minimum Gasteiger partial charge on any atom is -0.396 e. The zero-order chi connectivity index (χ0) is 17.2. The van der Waals surface area contributed by atoms with Crippen LogP contribution in [0.3, 0.4) is 0 Å². The first-order valence-corrected chi connectivity index (χ1v) is 8.82. The van der Waals surface area contributed by atoms with Crippen LogP contribution < -0.4 is 0 Å². The van der Waals surface area contributed by atoms with Crippen molar-refractivity contribution in [2.75, 3.05) is 32.8 Å². The van der Waals surface area contributed by atoms with Crippen molar-refractivity contribution in [3.05, 3.63) is 35.4 Å². The average molecular weight is 330 g/mol. The predicted molar refractivity (Wildman–Crippen MR) is 91.9 cm³/mol. The zero-order valence-corrected chi connectivity index (χ0v) is 14.3. The van der Waals surface area contributed by atoms with Crippen LogP contribution in [-0.4, -0.2) is 59.5 Å². The van der Waals surface area contributed by atoms with Gasteiger partial charge in [-0.25, -0.2) is 0 Å². The van der Waals surface area contributed by atoms with Crippen LogP contribution in [0.4, 0.5) is 0 Å². The van der Waals surface area contributed by atoms with E-state index in [9.17, 15) is 14.7 Å². The molecular formula is C19H26N2O3. The van der Waals surface area contributed by atoms with Crippen molar-refractivity contribution >= 4 is 11.8 Å². The lowest BCUT2D eigenvalue weighted by Crippen LogP contribution is -2.44. The third-order valence-corrected chi connectivity index (χ3v) is 5.23. The summed E-state index contributed by atoms with van der Waals surface area (Å²) in [5.74, 6) is -0.331. The molecule has 1 aromatic rings. The summed E-state index contributed by atoms with van der Waals surface area (Å²) in [5, 5.41) is 9.52. The fraction of sp³-hybridized carbons (Fsp3) is 0.579. The minimum absolute atomic E-state index is 0.0147. The largest absolute Gasteiger partial charge is 0.396 e. The molecule has 0 bridgehead atoms. The highest BCUT2D eigenvalue weighted by atomic mass is 16.3. The first-order chi connectivity index (χ1) is 11.5. The summed E-state index contributed by atoms with van der Waals surface area (Å²) in [7, 11) is 0. The first-order valence-electron chi connectivity index (χ1n) is 8.82. The fourth-order valence-corrected chi connectivity index (χ4v) is 3.79. The SMILES string of the molecule is CC1(CO)CCCN(CCCCN2C(=O)c3ccccc3C2=O)C1. The summed E-state index contributed by atoms with van der Waals surface area (Å²) in [5.41, 5.74) is 1.07. The molecule has 2 aliphatic rings. The van der Waals surface area contributed by atoms with Gasteiger partial charge in [0, 0.05) is 25.1 Å². The highest BCUT2D eigenvalue weighted by Gasteiger charge is 2.34. The third-order valence-electron chi connectivity index (χ3n) is 5.23. The van der Waals surface area contributed by atoms with Crippen LogP contribution >= 0.6 is 0 Å². The predicted octanol–water partition coefficient (Wildman–Crippen LogP) is 2.16. The van der Waals surface area contributed by atoms with Crippen molar-refractivity contribution < 1.29 is 14.7 Å². The van der Waals surface area contributed by atoms with Gasteiger partial charge in [0.25, 0.3) is 11.8 Å². The number of unbranched alkanes of at least 4 members (excludes halogenated alkanes) is 1. The summed E-state index contributed by atoms with van der Waals surface area (Å²) in [6.07, 6.45) is 3.97. The second-order valence-corrected chi connectivity index (χ2v) is 7.36. The molecule has 0 aromatic heterocycles. The highest BCUT2D eigenvalue weighted by molar-refractivity contribution is 6.21. The van der Waals surface area contributed by atoms with E-state index in [0.29, 0.717) is 17.7 Å². The van der Waals surface area contributed by atoms with E-state index >= 15 is 0 Å². The van der Waals surface area contributed by atoms with Gasteiger partial charge in [0.2, 0.25) is 0 Å². The van der Waals surface area contributed by atoms with Crippen molar-refractivity contribution in [3.8, 4) is 0 Å². The second-order valence-electron chi connectivity index (χ2n) is 7.36. The van der Waals surface area contributed by atoms with Crippen LogP contribution in [-0.2, 0) is 0 Å². The number of fused-ring (bicyclic) bond motifs is 1. The van der Waals surface area contributed by atoms with E-state index in [4.69, 9.17) is 0 Å². The van der Waals surface area contributed by atoms with Crippen molar-refractivity contribution in [3.63, 3.8) is 0 Å². The zero-order valence-electron chi connectivity index (χ0n) is 14.3. The van der Waals surface area contributed by atoms with Gasteiger partial charge >= 0.3 is 0 Å². The van der Waals surface area contributed by atoms with Crippen LogP contribution in [0.5, 0.6) is 0 Å². The summed E-state index contributed by atoms with van der Waals surface area (Å²) in [6, 6.07) is 7.03. The number of carbonyl (C=O) groups excluding carboxylic acids is 2. The lowest BCUT2D eigenvalue weighted by molar-refractivity contribution is 0.0452. The fourth-order valence-electron chi connectivity index (χ4n) is 3.79.